The van der Waals surface area contributed by atoms with Gasteiger partial charge in [0, 0.05) is 0 Å². The molecule has 140 valence electrons. The van der Waals surface area contributed by atoms with Crippen LogP contribution in [0.2, 0.25) is 15.7 Å². The molecule has 2 aliphatic rings. The van der Waals surface area contributed by atoms with Gasteiger partial charge >= 0.3 is 0 Å². The standard InChI is InChI=1S/C14H14Cl3N5O4/c1-14(2)25-7-4(3-23)24-11(8(7)26-14)21-10-6-5(18-13(17)22-10)9(15)20-12(16)19-6/h4,7-8,11,23H,3H2,1-2H3,(H,18,21,22)/t4-,7-,8-,11+/m1/s1. The van der Waals surface area contributed by atoms with Crippen LogP contribution in [0, 0.1) is 0 Å². The van der Waals surface area contributed by atoms with Gasteiger partial charge in [0.25, 0.3) is 0 Å². The summed E-state index contributed by atoms with van der Waals surface area (Å²) in [4.78, 5) is 16.1. The van der Waals surface area contributed by atoms with Crippen LogP contribution in [-0.2, 0) is 14.2 Å². The molecule has 4 rings (SSSR count). The second-order valence-corrected chi connectivity index (χ2v) is 7.34. The molecule has 0 saturated carbocycles. The highest BCUT2D eigenvalue weighted by molar-refractivity contribution is 6.36. The van der Waals surface area contributed by atoms with E-state index in [0.29, 0.717) is 0 Å². The predicted octanol–water partition coefficient (Wildman–Crippen LogP) is 2.03. The van der Waals surface area contributed by atoms with Crippen molar-refractivity contribution in [1.82, 2.24) is 19.9 Å². The summed E-state index contributed by atoms with van der Waals surface area (Å²) < 4.78 is 17.5. The Bertz CT molecular complexity index is 870. The molecule has 0 aromatic carbocycles. The summed E-state index contributed by atoms with van der Waals surface area (Å²) >= 11 is 18.0. The SMILES string of the molecule is CC1(C)O[C@@H]2[C@H](O1)[C@@H](CO)O[C@@H]2Nc1nc(Cl)nc2c(Cl)nc(Cl)nc12. The van der Waals surface area contributed by atoms with Crippen molar-refractivity contribution in [2.45, 2.75) is 44.2 Å². The molecule has 12 heteroatoms. The van der Waals surface area contributed by atoms with E-state index < -0.39 is 30.3 Å². The van der Waals surface area contributed by atoms with Gasteiger partial charge in [0.05, 0.1) is 6.61 Å². The molecule has 0 bridgehead atoms. The third-order valence-corrected chi connectivity index (χ3v) is 4.66. The van der Waals surface area contributed by atoms with Gasteiger partial charge in [-0.1, -0.05) is 11.6 Å². The summed E-state index contributed by atoms with van der Waals surface area (Å²) in [6.07, 6.45) is -2.12. The lowest BCUT2D eigenvalue weighted by Gasteiger charge is -2.24. The van der Waals surface area contributed by atoms with Crippen LogP contribution in [0.4, 0.5) is 5.82 Å². The number of halogens is 3. The number of nitrogens with one attached hydrogen (secondary N) is 1. The van der Waals surface area contributed by atoms with Crippen LogP contribution in [0.25, 0.3) is 11.0 Å². The van der Waals surface area contributed by atoms with Gasteiger partial charge in [-0.3, -0.25) is 0 Å². The number of aromatic nitrogens is 4. The van der Waals surface area contributed by atoms with Crippen LogP contribution in [0.3, 0.4) is 0 Å². The summed E-state index contributed by atoms with van der Waals surface area (Å²) in [5, 5.41) is 12.6. The number of rotatable bonds is 3. The largest absolute Gasteiger partial charge is 0.394 e. The van der Waals surface area contributed by atoms with E-state index in [0.717, 1.165) is 0 Å². The summed E-state index contributed by atoms with van der Waals surface area (Å²) in [5.41, 5.74) is 0.529. The van der Waals surface area contributed by atoms with E-state index >= 15 is 0 Å². The van der Waals surface area contributed by atoms with Crippen LogP contribution in [-0.4, -0.2) is 62.0 Å². The Balaban J connectivity index is 1.71. The fourth-order valence-electron chi connectivity index (χ4n) is 3.11. The maximum absolute atomic E-state index is 9.57. The van der Waals surface area contributed by atoms with Crippen LogP contribution < -0.4 is 5.32 Å². The molecule has 2 aromatic rings. The van der Waals surface area contributed by atoms with Crippen molar-refractivity contribution >= 4 is 51.7 Å². The molecule has 0 unspecified atom stereocenters. The Morgan fingerprint density at radius 2 is 1.65 bits per heavy atom. The van der Waals surface area contributed by atoms with Gasteiger partial charge in [0.2, 0.25) is 10.6 Å². The van der Waals surface area contributed by atoms with Gasteiger partial charge in [-0.15, -0.1) is 0 Å². The summed E-state index contributed by atoms with van der Waals surface area (Å²) in [6, 6.07) is 0. The van der Waals surface area contributed by atoms with E-state index in [-0.39, 0.29) is 39.2 Å². The molecule has 2 aliphatic heterocycles. The minimum absolute atomic E-state index is 0.0485. The number of aliphatic hydroxyl groups is 1. The monoisotopic (exact) mass is 421 g/mol. The number of ether oxygens (including phenoxy) is 3. The normalized spacial score (nSPS) is 29.9. The molecule has 4 heterocycles. The molecular weight excluding hydrogens is 409 g/mol. The number of hydrogen-bond donors (Lipinski definition) is 2. The van der Waals surface area contributed by atoms with E-state index in [2.05, 4.69) is 25.3 Å². The number of aliphatic hydroxyl groups excluding tert-OH is 1. The van der Waals surface area contributed by atoms with E-state index in [1.807, 2.05) is 0 Å². The predicted molar refractivity (Wildman–Crippen MR) is 93.4 cm³/mol. The number of hydrogen-bond acceptors (Lipinski definition) is 9. The Kier molecular flexibility index (Phi) is 4.59. The minimum Gasteiger partial charge on any atom is -0.394 e. The highest BCUT2D eigenvalue weighted by Crippen LogP contribution is 2.39. The molecule has 2 aromatic heterocycles. The maximum atomic E-state index is 9.57. The Morgan fingerprint density at radius 1 is 1.00 bits per heavy atom. The molecule has 9 nitrogen and oxygen atoms in total. The minimum atomic E-state index is -0.799. The van der Waals surface area contributed by atoms with Crippen LogP contribution >= 0.6 is 34.8 Å². The van der Waals surface area contributed by atoms with Crippen LogP contribution in [0.5, 0.6) is 0 Å². The molecule has 4 atom stereocenters. The van der Waals surface area contributed by atoms with E-state index in [4.69, 9.17) is 49.0 Å². The van der Waals surface area contributed by atoms with Crippen molar-refractivity contribution in [3.63, 3.8) is 0 Å². The smallest absolute Gasteiger partial charge is 0.225 e. The van der Waals surface area contributed by atoms with Crippen molar-refractivity contribution in [3.8, 4) is 0 Å². The lowest BCUT2D eigenvalue weighted by Crippen LogP contribution is -2.35. The molecule has 26 heavy (non-hydrogen) atoms. The van der Waals surface area contributed by atoms with Crippen molar-refractivity contribution < 1.29 is 19.3 Å². The van der Waals surface area contributed by atoms with Gasteiger partial charge in [-0.2, -0.15) is 4.98 Å². The quantitative estimate of drug-likeness (QED) is 0.567. The lowest BCUT2D eigenvalue weighted by molar-refractivity contribution is -0.187. The summed E-state index contributed by atoms with van der Waals surface area (Å²) in [5.74, 6) is -0.547. The maximum Gasteiger partial charge on any atom is 0.225 e. The van der Waals surface area contributed by atoms with Gasteiger partial charge in [-0.05, 0) is 37.0 Å². The van der Waals surface area contributed by atoms with Crippen LogP contribution in [0.1, 0.15) is 13.8 Å². The van der Waals surface area contributed by atoms with Crippen molar-refractivity contribution in [2.24, 2.45) is 0 Å². The van der Waals surface area contributed by atoms with E-state index in [1.165, 1.54) is 0 Å². The first-order valence-electron chi connectivity index (χ1n) is 7.72. The molecule has 2 N–H and O–H groups in total. The van der Waals surface area contributed by atoms with E-state index in [9.17, 15) is 5.11 Å². The molecule has 2 fully saturated rings. The van der Waals surface area contributed by atoms with Gasteiger partial charge in [-0.25, -0.2) is 15.0 Å². The highest BCUT2D eigenvalue weighted by atomic mass is 35.5. The zero-order chi connectivity index (χ0) is 18.6. The Labute approximate surface area is 162 Å². The Hall–Kier alpha value is -1.07. The molecule has 2 saturated heterocycles. The topological polar surface area (TPSA) is 112 Å². The summed E-state index contributed by atoms with van der Waals surface area (Å²) in [6.45, 7) is 3.37. The van der Waals surface area contributed by atoms with Gasteiger partial charge < -0.3 is 24.6 Å². The molecule has 0 spiro atoms. The number of anilines is 1. The fourth-order valence-corrected chi connectivity index (χ4v) is 3.70. The first-order valence-corrected chi connectivity index (χ1v) is 8.85. The highest BCUT2D eigenvalue weighted by Gasteiger charge is 2.55. The first kappa shape index (κ1) is 18.3. The zero-order valence-electron chi connectivity index (χ0n) is 13.6. The number of nitrogens with zero attached hydrogens (tertiary/aromatic N) is 4. The Morgan fingerprint density at radius 3 is 2.38 bits per heavy atom. The second kappa shape index (κ2) is 6.52. The fraction of sp³-hybridized carbons (Fsp3) is 0.571. The van der Waals surface area contributed by atoms with Gasteiger partial charge in [0.15, 0.2) is 23.0 Å². The molecular formula is C14H14Cl3N5O4. The van der Waals surface area contributed by atoms with Crippen molar-refractivity contribution in [1.29, 1.82) is 0 Å². The van der Waals surface area contributed by atoms with Crippen molar-refractivity contribution in [3.05, 3.63) is 15.7 Å². The first-order chi connectivity index (χ1) is 12.3. The van der Waals surface area contributed by atoms with Crippen LogP contribution in [0.15, 0.2) is 0 Å². The molecule has 0 amide bonds. The third kappa shape index (κ3) is 3.18. The second-order valence-electron chi connectivity index (χ2n) is 6.31. The molecule has 0 radical (unpaired) electrons. The lowest BCUT2D eigenvalue weighted by atomic mass is 10.1. The van der Waals surface area contributed by atoms with Gasteiger partial charge in [0.1, 0.15) is 29.3 Å². The third-order valence-electron chi connectivity index (χ3n) is 4.06. The number of fused-ring (bicyclic) bond motifs is 2. The van der Waals surface area contributed by atoms with E-state index in [1.54, 1.807) is 13.8 Å². The average Bonchev–Trinajstić information content (AvgIpc) is 3.02. The van der Waals surface area contributed by atoms with Crippen molar-refractivity contribution in [2.75, 3.05) is 11.9 Å². The average molecular weight is 423 g/mol. The molecule has 0 aliphatic carbocycles. The summed E-state index contributed by atoms with van der Waals surface area (Å²) in [7, 11) is 0. The zero-order valence-corrected chi connectivity index (χ0v) is 15.9.